The van der Waals surface area contributed by atoms with Crippen LogP contribution >= 0.6 is 0 Å². The minimum Gasteiger partial charge on any atom is -0.373 e. The summed E-state index contributed by atoms with van der Waals surface area (Å²) in [5.74, 6) is 3.09. The van der Waals surface area contributed by atoms with E-state index in [2.05, 4.69) is 37.3 Å². The first-order valence-electron chi connectivity index (χ1n) is 7.43. The molecule has 4 aliphatic carbocycles. The summed E-state index contributed by atoms with van der Waals surface area (Å²) < 4.78 is 6.23. The van der Waals surface area contributed by atoms with Gasteiger partial charge in [-0.3, -0.25) is 0 Å². The topological polar surface area (TPSA) is 9.23 Å². The maximum Gasteiger partial charge on any atom is 0.0720 e. The number of hydrogen-bond acceptors (Lipinski definition) is 1. The second-order valence-corrected chi connectivity index (χ2v) is 6.77. The molecule has 0 aromatic heterocycles. The van der Waals surface area contributed by atoms with Gasteiger partial charge in [0.2, 0.25) is 0 Å². The van der Waals surface area contributed by atoms with Crippen molar-refractivity contribution in [3.63, 3.8) is 0 Å². The van der Waals surface area contributed by atoms with Crippen LogP contribution in [0.25, 0.3) is 0 Å². The average Bonchev–Trinajstić information content (AvgIpc) is 3.10. The summed E-state index contributed by atoms with van der Waals surface area (Å²) in [5.41, 5.74) is 1.87. The van der Waals surface area contributed by atoms with E-state index in [1.807, 2.05) is 0 Å². The third kappa shape index (κ3) is 1.43. The molecule has 4 saturated carbocycles. The van der Waals surface area contributed by atoms with Gasteiger partial charge in [-0.2, -0.15) is 0 Å². The van der Waals surface area contributed by atoms with Crippen LogP contribution in [-0.2, 0) is 11.3 Å². The van der Waals surface area contributed by atoms with Crippen LogP contribution in [0.1, 0.15) is 38.2 Å². The summed E-state index contributed by atoms with van der Waals surface area (Å²) in [7, 11) is 0. The molecule has 1 aromatic rings. The molecule has 4 fully saturated rings. The zero-order valence-electron chi connectivity index (χ0n) is 11.1. The molecule has 0 N–H and O–H groups in total. The van der Waals surface area contributed by atoms with E-state index >= 15 is 0 Å². The lowest BCUT2D eigenvalue weighted by atomic mass is 9.76. The summed E-state index contributed by atoms with van der Waals surface area (Å²) in [4.78, 5) is 0. The molecule has 4 aliphatic rings. The Bertz CT molecular complexity index is 424. The summed E-state index contributed by atoms with van der Waals surface area (Å²) in [6.45, 7) is 3.11. The predicted octanol–water partition coefficient (Wildman–Crippen LogP) is 4.03. The van der Waals surface area contributed by atoms with Gasteiger partial charge < -0.3 is 4.74 Å². The highest BCUT2D eigenvalue weighted by molar-refractivity contribution is 5.16. The Hall–Kier alpha value is -0.820. The Morgan fingerprint density at radius 3 is 2.39 bits per heavy atom. The highest BCUT2D eigenvalue weighted by Crippen LogP contribution is 2.71. The Balaban J connectivity index is 1.44. The van der Waals surface area contributed by atoms with E-state index in [0.717, 1.165) is 24.4 Å². The normalized spacial score (nSPS) is 41.7. The van der Waals surface area contributed by atoms with Gasteiger partial charge in [-0.15, -0.1) is 0 Å². The summed E-state index contributed by atoms with van der Waals surface area (Å²) in [5, 5.41) is 0. The largest absolute Gasteiger partial charge is 0.373 e. The molecule has 1 aromatic carbocycles. The highest BCUT2D eigenvalue weighted by Gasteiger charge is 2.64. The lowest BCUT2D eigenvalue weighted by Gasteiger charge is -2.35. The van der Waals surface area contributed by atoms with Crippen LogP contribution in [0.5, 0.6) is 0 Å². The number of ether oxygens (including phenoxy) is 1. The first kappa shape index (κ1) is 11.0. The average molecular weight is 242 g/mol. The molecule has 5 rings (SSSR count). The number of hydrogen-bond donors (Lipinski definition) is 0. The molecule has 5 atom stereocenters. The minimum atomic E-state index is 0.445. The predicted molar refractivity (Wildman–Crippen MR) is 72.1 cm³/mol. The zero-order valence-corrected chi connectivity index (χ0v) is 11.1. The molecular weight excluding hydrogens is 220 g/mol. The monoisotopic (exact) mass is 242 g/mol. The van der Waals surface area contributed by atoms with Crippen LogP contribution in [0.2, 0.25) is 0 Å². The zero-order chi connectivity index (χ0) is 12.2. The molecule has 4 unspecified atom stereocenters. The van der Waals surface area contributed by atoms with Gasteiger partial charge in [0.05, 0.1) is 12.7 Å². The maximum atomic E-state index is 6.23. The fourth-order valence-corrected chi connectivity index (χ4v) is 5.20. The Morgan fingerprint density at radius 2 is 1.83 bits per heavy atom. The van der Waals surface area contributed by atoms with Crippen LogP contribution in [0, 0.1) is 23.2 Å². The van der Waals surface area contributed by atoms with Gasteiger partial charge in [0.25, 0.3) is 0 Å². The van der Waals surface area contributed by atoms with Gasteiger partial charge in [-0.25, -0.2) is 0 Å². The second-order valence-electron chi connectivity index (χ2n) is 6.77. The standard InChI is InChI=1S/C17H22O/c1-12(18-11-13-5-3-2-4-6-13)17-9-14-7-16(17)8-15(14)10-17/h2-6,12,14-16H,7-11H2,1H3/t12?,14-,15?,16?,17?/m0/s1. The lowest BCUT2D eigenvalue weighted by molar-refractivity contribution is -0.0468. The smallest absolute Gasteiger partial charge is 0.0720 e. The lowest BCUT2D eigenvalue weighted by Crippen LogP contribution is -2.34. The van der Waals surface area contributed by atoms with Gasteiger partial charge in [0, 0.05) is 0 Å². The maximum absolute atomic E-state index is 6.23. The Morgan fingerprint density at radius 1 is 1.17 bits per heavy atom. The molecular formula is C17H22O. The van der Waals surface area contributed by atoms with E-state index in [-0.39, 0.29) is 0 Å². The van der Waals surface area contributed by atoms with Crippen molar-refractivity contribution >= 4 is 0 Å². The molecule has 96 valence electrons. The molecule has 0 spiro atoms. The Labute approximate surface area is 110 Å². The van der Waals surface area contributed by atoms with Crippen molar-refractivity contribution in [3.05, 3.63) is 35.9 Å². The van der Waals surface area contributed by atoms with Gasteiger partial charge >= 0.3 is 0 Å². The molecule has 0 heterocycles. The third-order valence-electron chi connectivity index (χ3n) is 6.09. The van der Waals surface area contributed by atoms with Crippen molar-refractivity contribution in [2.24, 2.45) is 23.2 Å². The fraction of sp³-hybridized carbons (Fsp3) is 0.647. The Kier molecular flexibility index (Phi) is 2.35. The van der Waals surface area contributed by atoms with Crippen LogP contribution in [-0.4, -0.2) is 6.10 Å². The molecule has 4 bridgehead atoms. The van der Waals surface area contributed by atoms with E-state index in [4.69, 9.17) is 4.74 Å². The van der Waals surface area contributed by atoms with E-state index in [1.165, 1.54) is 31.2 Å². The highest BCUT2D eigenvalue weighted by atomic mass is 16.5. The number of rotatable bonds is 4. The van der Waals surface area contributed by atoms with Gasteiger partial charge in [0.1, 0.15) is 0 Å². The summed E-state index contributed by atoms with van der Waals surface area (Å²) in [6.07, 6.45) is 6.37. The first-order valence-corrected chi connectivity index (χ1v) is 7.43. The van der Waals surface area contributed by atoms with Gasteiger partial charge in [-0.1, -0.05) is 30.3 Å². The van der Waals surface area contributed by atoms with Crippen LogP contribution in [0.15, 0.2) is 30.3 Å². The van der Waals surface area contributed by atoms with E-state index < -0.39 is 0 Å². The van der Waals surface area contributed by atoms with Crippen molar-refractivity contribution in [1.82, 2.24) is 0 Å². The van der Waals surface area contributed by atoms with Gasteiger partial charge in [-0.05, 0) is 61.3 Å². The quantitative estimate of drug-likeness (QED) is 0.774. The van der Waals surface area contributed by atoms with E-state index in [1.54, 1.807) is 0 Å². The molecule has 1 heteroatoms. The van der Waals surface area contributed by atoms with Crippen LogP contribution < -0.4 is 0 Å². The SMILES string of the molecule is CC(OCc1ccccc1)C12CC3CC1C[C@H]3C2. The van der Waals surface area contributed by atoms with Crippen molar-refractivity contribution in [2.75, 3.05) is 0 Å². The minimum absolute atomic E-state index is 0.445. The van der Waals surface area contributed by atoms with E-state index in [0.29, 0.717) is 11.5 Å². The number of benzene rings is 1. The molecule has 0 aliphatic heterocycles. The molecule has 0 amide bonds. The van der Waals surface area contributed by atoms with Crippen molar-refractivity contribution in [2.45, 2.75) is 45.3 Å². The summed E-state index contributed by atoms with van der Waals surface area (Å²) >= 11 is 0. The van der Waals surface area contributed by atoms with Crippen molar-refractivity contribution in [1.29, 1.82) is 0 Å². The molecule has 0 saturated heterocycles. The second kappa shape index (κ2) is 3.84. The molecule has 0 radical (unpaired) electrons. The van der Waals surface area contributed by atoms with Gasteiger partial charge in [0.15, 0.2) is 0 Å². The molecule has 1 nitrogen and oxygen atoms in total. The van der Waals surface area contributed by atoms with Crippen molar-refractivity contribution < 1.29 is 4.74 Å². The third-order valence-corrected chi connectivity index (χ3v) is 6.09. The fourth-order valence-electron chi connectivity index (χ4n) is 5.20. The first-order chi connectivity index (χ1) is 8.78. The molecule has 18 heavy (non-hydrogen) atoms. The van der Waals surface area contributed by atoms with Crippen molar-refractivity contribution in [3.8, 4) is 0 Å². The van der Waals surface area contributed by atoms with Crippen LogP contribution in [0.3, 0.4) is 0 Å². The van der Waals surface area contributed by atoms with Crippen LogP contribution in [0.4, 0.5) is 0 Å². The summed E-state index contributed by atoms with van der Waals surface area (Å²) in [6, 6.07) is 10.6. The van der Waals surface area contributed by atoms with E-state index in [9.17, 15) is 0 Å².